The lowest BCUT2D eigenvalue weighted by Gasteiger charge is -2.25. The van der Waals surface area contributed by atoms with E-state index in [-0.39, 0.29) is 0 Å². The number of nitrogens with one attached hydrogen (secondary N) is 1. The first-order valence-electron chi connectivity index (χ1n) is 6.73. The van der Waals surface area contributed by atoms with Gasteiger partial charge in [-0.25, -0.2) is 0 Å². The van der Waals surface area contributed by atoms with Gasteiger partial charge in [-0.1, -0.05) is 13.8 Å². The summed E-state index contributed by atoms with van der Waals surface area (Å²) in [5.74, 6) is 0.821. The Balaban J connectivity index is 1.68. The molecule has 2 fully saturated rings. The largest absolute Gasteiger partial charge is 0.314 e. The maximum atomic E-state index is 3.60. The Kier molecular flexibility index (Phi) is 4.04. The zero-order chi connectivity index (χ0) is 10.7. The molecule has 2 aliphatic rings. The molecule has 2 rings (SSSR count). The van der Waals surface area contributed by atoms with Crippen LogP contribution in [0.25, 0.3) is 0 Å². The summed E-state index contributed by atoms with van der Waals surface area (Å²) in [6.07, 6.45) is 7.05. The van der Waals surface area contributed by atoms with Crippen molar-refractivity contribution in [1.29, 1.82) is 0 Å². The first-order valence-corrected chi connectivity index (χ1v) is 6.73. The Morgan fingerprint density at radius 1 is 1.27 bits per heavy atom. The maximum Gasteiger partial charge on any atom is 0.00965 e. The van der Waals surface area contributed by atoms with E-state index in [9.17, 15) is 0 Å². The zero-order valence-electron chi connectivity index (χ0n) is 10.3. The van der Waals surface area contributed by atoms with E-state index in [1.165, 1.54) is 51.7 Å². The molecular weight excluding hydrogens is 184 g/mol. The Hall–Kier alpha value is -0.0800. The molecule has 0 aromatic heterocycles. The van der Waals surface area contributed by atoms with E-state index < -0.39 is 0 Å². The van der Waals surface area contributed by atoms with Crippen LogP contribution < -0.4 is 5.32 Å². The van der Waals surface area contributed by atoms with Gasteiger partial charge in [-0.15, -0.1) is 0 Å². The SMILES string of the molecule is CC(C)CN(CCC1CCCN1)C1CC1. The van der Waals surface area contributed by atoms with Crippen molar-refractivity contribution >= 4 is 0 Å². The molecule has 0 spiro atoms. The predicted molar refractivity (Wildman–Crippen MR) is 65.1 cm³/mol. The van der Waals surface area contributed by atoms with Crippen LogP contribution >= 0.6 is 0 Å². The Bertz CT molecular complexity index is 181. The molecule has 1 saturated heterocycles. The predicted octanol–water partition coefficient (Wildman–Crippen LogP) is 2.25. The molecule has 2 heteroatoms. The first-order chi connectivity index (χ1) is 7.25. The van der Waals surface area contributed by atoms with Crippen LogP contribution in [0.15, 0.2) is 0 Å². The summed E-state index contributed by atoms with van der Waals surface area (Å²) in [6, 6.07) is 1.76. The summed E-state index contributed by atoms with van der Waals surface area (Å²) in [5.41, 5.74) is 0. The fourth-order valence-electron chi connectivity index (χ4n) is 2.66. The number of nitrogens with zero attached hydrogens (tertiary/aromatic N) is 1. The molecule has 1 atom stereocenters. The molecule has 0 bridgehead atoms. The van der Waals surface area contributed by atoms with Crippen LogP contribution in [0.3, 0.4) is 0 Å². The number of hydrogen-bond acceptors (Lipinski definition) is 2. The quantitative estimate of drug-likeness (QED) is 0.723. The fourth-order valence-corrected chi connectivity index (χ4v) is 2.66. The molecule has 1 aliphatic heterocycles. The van der Waals surface area contributed by atoms with Crippen molar-refractivity contribution < 1.29 is 0 Å². The summed E-state index contributed by atoms with van der Waals surface area (Å²) >= 11 is 0. The topological polar surface area (TPSA) is 15.3 Å². The highest BCUT2D eigenvalue weighted by Gasteiger charge is 2.29. The zero-order valence-corrected chi connectivity index (χ0v) is 10.3. The average molecular weight is 210 g/mol. The minimum Gasteiger partial charge on any atom is -0.314 e. The van der Waals surface area contributed by atoms with Gasteiger partial charge in [0, 0.05) is 18.6 Å². The second kappa shape index (κ2) is 5.31. The normalized spacial score (nSPS) is 26.8. The third kappa shape index (κ3) is 3.76. The van der Waals surface area contributed by atoms with Crippen LogP contribution in [0.1, 0.15) is 46.0 Å². The van der Waals surface area contributed by atoms with Gasteiger partial charge >= 0.3 is 0 Å². The van der Waals surface area contributed by atoms with Crippen LogP contribution in [0.5, 0.6) is 0 Å². The molecule has 1 N–H and O–H groups in total. The van der Waals surface area contributed by atoms with Crippen molar-refractivity contribution in [3.8, 4) is 0 Å². The average Bonchev–Trinajstić information content (AvgIpc) is 2.90. The molecule has 0 aromatic carbocycles. The molecule has 1 aliphatic carbocycles. The smallest absolute Gasteiger partial charge is 0.00965 e. The summed E-state index contributed by atoms with van der Waals surface area (Å²) in [5, 5.41) is 3.60. The Morgan fingerprint density at radius 3 is 2.60 bits per heavy atom. The van der Waals surface area contributed by atoms with Crippen LogP contribution in [0, 0.1) is 5.92 Å². The van der Waals surface area contributed by atoms with Crippen molar-refractivity contribution in [3.05, 3.63) is 0 Å². The van der Waals surface area contributed by atoms with Gasteiger partial charge in [-0.2, -0.15) is 0 Å². The summed E-state index contributed by atoms with van der Waals surface area (Å²) < 4.78 is 0. The van der Waals surface area contributed by atoms with Crippen LogP contribution in [0.2, 0.25) is 0 Å². The van der Waals surface area contributed by atoms with Gasteiger partial charge in [0.1, 0.15) is 0 Å². The van der Waals surface area contributed by atoms with Crippen LogP contribution in [0.4, 0.5) is 0 Å². The van der Waals surface area contributed by atoms with Gasteiger partial charge in [0.2, 0.25) is 0 Å². The summed E-state index contributed by atoms with van der Waals surface area (Å²) in [6.45, 7) is 8.54. The molecule has 0 amide bonds. The second-order valence-electron chi connectivity index (χ2n) is 5.70. The van der Waals surface area contributed by atoms with Gasteiger partial charge in [0.15, 0.2) is 0 Å². The molecule has 1 heterocycles. The lowest BCUT2D eigenvalue weighted by atomic mass is 10.1. The molecule has 15 heavy (non-hydrogen) atoms. The summed E-state index contributed by atoms with van der Waals surface area (Å²) in [4.78, 5) is 2.73. The van der Waals surface area contributed by atoms with Crippen LogP contribution in [-0.2, 0) is 0 Å². The summed E-state index contributed by atoms with van der Waals surface area (Å²) in [7, 11) is 0. The van der Waals surface area contributed by atoms with E-state index in [1.807, 2.05) is 0 Å². The highest BCUT2D eigenvalue weighted by atomic mass is 15.2. The third-order valence-electron chi connectivity index (χ3n) is 3.59. The molecule has 2 nitrogen and oxygen atoms in total. The minimum atomic E-state index is 0.818. The van der Waals surface area contributed by atoms with Crippen molar-refractivity contribution in [3.63, 3.8) is 0 Å². The van der Waals surface area contributed by atoms with Gasteiger partial charge in [-0.3, -0.25) is 0 Å². The van der Waals surface area contributed by atoms with E-state index in [1.54, 1.807) is 0 Å². The van der Waals surface area contributed by atoms with E-state index in [4.69, 9.17) is 0 Å². The van der Waals surface area contributed by atoms with Gasteiger partial charge < -0.3 is 10.2 Å². The van der Waals surface area contributed by atoms with Crippen molar-refractivity contribution in [2.75, 3.05) is 19.6 Å². The Labute approximate surface area is 94.4 Å². The van der Waals surface area contributed by atoms with E-state index >= 15 is 0 Å². The highest BCUT2D eigenvalue weighted by Crippen LogP contribution is 2.28. The minimum absolute atomic E-state index is 0.818. The van der Waals surface area contributed by atoms with E-state index in [2.05, 4.69) is 24.1 Å². The Morgan fingerprint density at radius 2 is 2.07 bits per heavy atom. The number of rotatable bonds is 6. The number of hydrogen-bond donors (Lipinski definition) is 1. The van der Waals surface area contributed by atoms with Gasteiger partial charge in [0.25, 0.3) is 0 Å². The second-order valence-corrected chi connectivity index (χ2v) is 5.70. The van der Waals surface area contributed by atoms with Crippen molar-refractivity contribution in [1.82, 2.24) is 10.2 Å². The molecule has 1 unspecified atom stereocenters. The molecule has 88 valence electrons. The highest BCUT2D eigenvalue weighted by molar-refractivity contribution is 4.86. The molecule has 0 aromatic rings. The molecule has 0 radical (unpaired) electrons. The lowest BCUT2D eigenvalue weighted by molar-refractivity contribution is 0.224. The standard InChI is InChI=1S/C13H26N2/c1-11(2)10-15(13-5-6-13)9-7-12-4-3-8-14-12/h11-14H,3-10H2,1-2H3. The fraction of sp³-hybridized carbons (Fsp3) is 1.00. The van der Waals surface area contributed by atoms with E-state index in [0.29, 0.717) is 0 Å². The van der Waals surface area contributed by atoms with Crippen LogP contribution in [-0.4, -0.2) is 36.6 Å². The van der Waals surface area contributed by atoms with Gasteiger partial charge in [0.05, 0.1) is 0 Å². The monoisotopic (exact) mass is 210 g/mol. The molecular formula is C13H26N2. The van der Waals surface area contributed by atoms with Crippen molar-refractivity contribution in [2.24, 2.45) is 5.92 Å². The first kappa shape index (κ1) is 11.4. The van der Waals surface area contributed by atoms with Crippen molar-refractivity contribution in [2.45, 2.75) is 58.0 Å². The molecule has 1 saturated carbocycles. The van der Waals surface area contributed by atoms with E-state index in [0.717, 1.165) is 18.0 Å². The lowest BCUT2D eigenvalue weighted by Crippen LogP contribution is -2.34. The van der Waals surface area contributed by atoms with Gasteiger partial charge in [-0.05, 0) is 51.1 Å². The maximum absolute atomic E-state index is 3.60. The third-order valence-corrected chi connectivity index (χ3v) is 3.59.